The second kappa shape index (κ2) is 11.8. The van der Waals surface area contributed by atoms with E-state index in [-0.39, 0.29) is 18.8 Å². The molecule has 30 heavy (non-hydrogen) atoms. The third-order valence-electron chi connectivity index (χ3n) is 5.61. The van der Waals surface area contributed by atoms with Crippen molar-refractivity contribution in [1.29, 1.82) is 0 Å². The maximum atomic E-state index is 15.8. The van der Waals surface area contributed by atoms with Crippen molar-refractivity contribution >= 4 is 5.78 Å². The third kappa shape index (κ3) is 6.09. The molecule has 1 aromatic rings. The highest BCUT2D eigenvalue weighted by atomic mass is 19.1. The van der Waals surface area contributed by atoms with Gasteiger partial charge in [-0.1, -0.05) is 25.3 Å². The quantitative estimate of drug-likeness (QED) is 0.389. The first-order valence-corrected chi connectivity index (χ1v) is 11.0. The van der Waals surface area contributed by atoms with E-state index in [9.17, 15) is 4.79 Å². The summed E-state index contributed by atoms with van der Waals surface area (Å²) >= 11 is 0. The van der Waals surface area contributed by atoms with Crippen molar-refractivity contribution in [2.45, 2.75) is 58.5 Å². The molecule has 2 unspecified atom stereocenters. The number of fused-ring (bicyclic) bond motifs is 1. The molecule has 0 fully saturated rings. The fourth-order valence-electron chi connectivity index (χ4n) is 3.97. The predicted octanol–water partition coefficient (Wildman–Crippen LogP) is 4.91. The summed E-state index contributed by atoms with van der Waals surface area (Å²) in [6, 6.07) is 3.51. The molecule has 0 saturated carbocycles. The van der Waals surface area contributed by atoms with E-state index in [1.165, 1.54) is 0 Å². The molecule has 0 aromatic heterocycles. The molecule has 1 aliphatic carbocycles. The molecule has 5 heteroatoms. The van der Waals surface area contributed by atoms with Gasteiger partial charge in [0, 0.05) is 12.1 Å². The molecule has 0 aliphatic heterocycles. The van der Waals surface area contributed by atoms with Crippen LogP contribution < -0.4 is 14.8 Å². The lowest BCUT2D eigenvalue weighted by Crippen LogP contribution is -2.40. The first kappa shape index (κ1) is 24.0. The molecular weight excluding hydrogens is 381 g/mol. The number of halogens is 1. The van der Waals surface area contributed by atoms with E-state index in [0.29, 0.717) is 43.2 Å². The molecule has 0 radical (unpaired) electrons. The van der Waals surface area contributed by atoms with Gasteiger partial charge >= 0.3 is 0 Å². The van der Waals surface area contributed by atoms with Crippen LogP contribution in [0.3, 0.4) is 0 Å². The summed E-state index contributed by atoms with van der Waals surface area (Å²) in [7, 11) is 0. The van der Waals surface area contributed by atoms with Crippen LogP contribution in [-0.4, -0.2) is 37.8 Å². The maximum Gasteiger partial charge on any atom is 0.200 e. The van der Waals surface area contributed by atoms with Crippen LogP contribution in [0.1, 0.15) is 62.4 Å². The second-order valence-corrected chi connectivity index (χ2v) is 7.66. The van der Waals surface area contributed by atoms with Crippen molar-refractivity contribution in [2.24, 2.45) is 5.92 Å². The van der Waals surface area contributed by atoms with Crippen LogP contribution in [0, 0.1) is 18.3 Å². The number of alkyl halides is 1. The first-order chi connectivity index (χ1) is 14.5. The number of ketones is 1. The van der Waals surface area contributed by atoms with Crippen molar-refractivity contribution < 1.29 is 18.7 Å². The van der Waals surface area contributed by atoms with Crippen molar-refractivity contribution in [2.75, 3.05) is 26.3 Å². The van der Waals surface area contributed by atoms with Gasteiger partial charge in [-0.3, -0.25) is 4.79 Å². The van der Waals surface area contributed by atoms with Crippen molar-refractivity contribution in [3.8, 4) is 23.8 Å². The third-order valence-corrected chi connectivity index (χ3v) is 5.61. The number of terminal acetylenes is 1. The van der Waals surface area contributed by atoms with Crippen LogP contribution in [0.2, 0.25) is 0 Å². The van der Waals surface area contributed by atoms with Gasteiger partial charge in [-0.15, -0.1) is 6.42 Å². The highest BCUT2D eigenvalue weighted by Gasteiger charge is 2.44. The van der Waals surface area contributed by atoms with Crippen molar-refractivity contribution in [3.05, 3.63) is 35.4 Å². The summed E-state index contributed by atoms with van der Waals surface area (Å²) in [6.45, 7) is 8.24. The summed E-state index contributed by atoms with van der Waals surface area (Å²) in [5.41, 5.74) is -0.550. The zero-order chi connectivity index (χ0) is 22.0. The van der Waals surface area contributed by atoms with Gasteiger partial charge < -0.3 is 14.8 Å². The molecule has 0 heterocycles. The van der Waals surface area contributed by atoms with E-state index < -0.39 is 11.5 Å². The molecular formula is C25H34FNO3. The van der Waals surface area contributed by atoms with E-state index in [1.54, 1.807) is 12.1 Å². The van der Waals surface area contributed by atoms with Crippen LogP contribution in [0.4, 0.5) is 4.39 Å². The standard InChI is InChI=1S/C25H34FNO3/c1-5-9-10-14-27-15-12-19(6-2)18-25(26)13-11-20-16-22(29-7-3)23(30-8-4)17-21(20)24(25)28/h1,9-10,16-17,19,27H,6-8,11-15,18H2,2-4H3/b10-9+. The largest absolute Gasteiger partial charge is 0.490 e. The topological polar surface area (TPSA) is 47.6 Å². The Balaban J connectivity index is 2.10. The Morgan fingerprint density at radius 3 is 2.60 bits per heavy atom. The fraction of sp³-hybridized carbons (Fsp3) is 0.560. The number of carbonyl (C=O) groups excluding carboxylic acids is 1. The van der Waals surface area contributed by atoms with Gasteiger partial charge in [0.25, 0.3) is 0 Å². The highest BCUT2D eigenvalue weighted by molar-refractivity contribution is 6.05. The van der Waals surface area contributed by atoms with E-state index >= 15 is 4.39 Å². The maximum absolute atomic E-state index is 15.8. The van der Waals surface area contributed by atoms with Crippen LogP contribution in [0.5, 0.6) is 11.5 Å². The zero-order valence-corrected chi connectivity index (χ0v) is 18.4. The number of carbonyl (C=O) groups is 1. The van der Waals surface area contributed by atoms with Gasteiger partial charge in [0.05, 0.1) is 13.2 Å². The number of aryl methyl sites for hydroxylation is 1. The summed E-state index contributed by atoms with van der Waals surface area (Å²) in [5, 5.41) is 3.28. The Morgan fingerprint density at radius 1 is 1.27 bits per heavy atom. The molecule has 164 valence electrons. The SMILES string of the molecule is C#C/C=C/CNCCC(CC)CC1(F)CCc2cc(OCC)c(OCC)cc2C1=O. The monoisotopic (exact) mass is 415 g/mol. The summed E-state index contributed by atoms with van der Waals surface area (Å²) in [4.78, 5) is 13.1. The van der Waals surface area contributed by atoms with Crippen LogP contribution in [-0.2, 0) is 6.42 Å². The van der Waals surface area contributed by atoms with Gasteiger partial charge in [0.15, 0.2) is 23.0 Å². The number of ether oxygens (including phenoxy) is 2. The Bertz CT molecular complexity index is 783. The molecule has 2 atom stereocenters. The van der Waals surface area contributed by atoms with Crippen LogP contribution >= 0.6 is 0 Å². The molecule has 2 rings (SSSR count). The molecule has 0 amide bonds. The lowest BCUT2D eigenvalue weighted by Gasteiger charge is -2.33. The average molecular weight is 416 g/mol. The fourth-order valence-corrected chi connectivity index (χ4v) is 3.97. The molecule has 1 N–H and O–H groups in total. The zero-order valence-electron chi connectivity index (χ0n) is 18.4. The van der Waals surface area contributed by atoms with Gasteiger partial charge in [0.2, 0.25) is 0 Å². The minimum absolute atomic E-state index is 0.138. The smallest absolute Gasteiger partial charge is 0.200 e. The number of hydrogen-bond donors (Lipinski definition) is 1. The minimum atomic E-state index is -1.83. The Labute approximate surface area is 180 Å². The van der Waals surface area contributed by atoms with Crippen molar-refractivity contribution in [3.63, 3.8) is 0 Å². The highest BCUT2D eigenvalue weighted by Crippen LogP contribution is 2.41. The second-order valence-electron chi connectivity index (χ2n) is 7.66. The first-order valence-electron chi connectivity index (χ1n) is 11.0. The summed E-state index contributed by atoms with van der Waals surface area (Å²) < 4.78 is 27.1. The lowest BCUT2D eigenvalue weighted by molar-refractivity contribution is 0.0546. The number of benzene rings is 1. The number of hydrogen-bond acceptors (Lipinski definition) is 4. The number of Topliss-reactive ketones (excluding diaryl/α,β-unsaturated/α-hetero) is 1. The van der Waals surface area contributed by atoms with E-state index in [2.05, 4.69) is 18.2 Å². The van der Waals surface area contributed by atoms with E-state index in [0.717, 1.165) is 24.9 Å². The van der Waals surface area contributed by atoms with Crippen LogP contribution in [0.25, 0.3) is 0 Å². The minimum Gasteiger partial charge on any atom is -0.490 e. The number of nitrogens with one attached hydrogen (secondary N) is 1. The normalized spacial score (nSPS) is 19.4. The van der Waals surface area contributed by atoms with Crippen molar-refractivity contribution in [1.82, 2.24) is 5.32 Å². The van der Waals surface area contributed by atoms with E-state index in [4.69, 9.17) is 15.9 Å². The Kier molecular flexibility index (Phi) is 9.39. The van der Waals surface area contributed by atoms with Gasteiger partial charge in [-0.25, -0.2) is 4.39 Å². The predicted molar refractivity (Wildman–Crippen MR) is 119 cm³/mol. The molecule has 0 bridgehead atoms. The van der Waals surface area contributed by atoms with Gasteiger partial charge in [0.1, 0.15) is 0 Å². The molecule has 4 nitrogen and oxygen atoms in total. The lowest BCUT2D eigenvalue weighted by atomic mass is 9.75. The molecule has 1 aliphatic rings. The molecule has 0 saturated heterocycles. The van der Waals surface area contributed by atoms with Gasteiger partial charge in [-0.05, 0) is 75.8 Å². The Hall–Kier alpha value is -2.32. The van der Waals surface area contributed by atoms with E-state index in [1.807, 2.05) is 26.0 Å². The number of rotatable bonds is 12. The summed E-state index contributed by atoms with van der Waals surface area (Å²) in [6.07, 6.45) is 11.4. The van der Waals surface area contributed by atoms with Crippen LogP contribution in [0.15, 0.2) is 24.3 Å². The summed E-state index contributed by atoms with van der Waals surface area (Å²) in [5.74, 6) is 3.29. The van der Waals surface area contributed by atoms with Gasteiger partial charge in [-0.2, -0.15) is 0 Å². The molecule has 1 aromatic carbocycles. The average Bonchev–Trinajstić information content (AvgIpc) is 2.74. The number of allylic oxidation sites excluding steroid dienone is 1. The molecule has 0 spiro atoms. The Morgan fingerprint density at radius 2 is 1.97 bits per heavy atom.